The molecule has 4 aromatic carbocycles. The van der Waals surface area contributed by atoms with Crippen LogP contribution in [0, 0.1) is 0 Å². The summed E-state index contributed by atoms with van der Waals surface area (Å²) in [6.07, 6.45) is 2.59. The zero-order valence-corrected chi connectivity index (χ0v) is 18.0. The lowest BCUT2D eigenvalue weighted by molar-refractivity contribution is 0.237. The third-order valence-electron chi connectivity index (χ3n) is 5.96. The number of likely N-dealkylation sites (tertiary alicyclic amines) is 1. The molecule has 1 aliphatic heterocycles. The molecule has 0 amide bonds. The van der Waals surface area contributed by atoms with E-state index >= 15 is 0 Å². The van der Waals surface area contributed by atoms with E-state index < -0.39 is 0 Å². The van der Waals surface area contributed by atoms with Crippen molar-refractivity contribution >= 4 is 10.8 Å². The van der Waals surface area contributed by atoms with Gasteiger partial charge < -0.3 is 14.6 Å². The van der Waals surface area contributed by atoms with Crippen molar-refractivity contribution in [1.82, 2.24) is 4.90 Å². The Bertz CT molecular complexity index is 1200. The molecule has 0 bridgehead atoms. The Kier molecular flexibility index (Phi) is 5.95. The summed E-state index contributed by atoms with van der Waals surface area (Å²) >= 11 is 0. The van der Waals surface area contributed by atoms with Gasteiger partial charge in [0.05, 0.1) is 0 Å². The van der Waals surface area contributed by atoms with Crippen LogP contribution in [0.2, 0.25) is 0 Å². The van der Waals surface area contributed by atoms with Crippen LogP contribution in [0.5, 0.6) is 23.0 Å². The van der Waals surface area contributed by atoms with Crippen molar-refractivity contribution in [2.24, 2.45) is 0 Å². The molecule has 0 unspecified atom stereocenters. The second-order valence-corrected chi connectivity index (χ2v) is 8.18. The highest BCUT2D eigenvalue weighted by molar-refractivity contribution is 5.95. The molecule has 0 spiro atoms. The van der Waals surface area contributed by atoms with Gasteiger partial charge >= 0.3 is 0 Å². The van der Waals surface area contributed by atoms with E-state index in [9.17, 15) is 5.11 Å². The first-order chi connectivity index (χ1) is 15.8. The van der Waals surface area contributed by atoms with Gasteiger partial charge in [-0.3, -0.25) is 4.90 Å². The van der Waals surface area contributed by atoms with Crippen LogP contribution in [-0.4, -0.2) is 36.2 Å². The van der Waals surface area contributed by atoms with Gasteiger partial charge in [0.1, 0.15) is 29.6 Å². The van der Waals surface area contributed by atoms with Crippen LogP contribution in [-0.2, 0) is 0 Å². The molecule has 5 rings (SSSR count). The monoisotopic (exact) mass is 425 g/mol. The second-order valence-electron chi connectivity index (χ2n) is 8.18. The number of benzene rings is 4. The molecule has 1 fully saturated rings. The minimum absolute atomic E-state index is 0.233. The number of nitrogens with zero attached hydrogens (tertiary/aromatic N) is 1. The Balaban J connectivity index is 1.38. The summed E-state index contributed by atoms with van der Waals surface area (Å²) < 4.78 is 12.3. The van der Waals surface area contributed by atoms with Gasteiger partial charge in [-0.25, -0.2) is 0 Å². The molecular weight excluding hydrogens is 398 g/mol. The van der Waals surface area contributed by atoms with E-state index in [0.29, 0.717) is 6.61 Å². The Morgan fingerprint density at radius 2 is 1.56 bits per heavy atom. The first-order valence-electron chi connectivity index (χ1n) is 11.2. The fourth-order valence-corrected chi connectivity index (χ4v) is 4.27. The second kappa shape index (κ2) is 9.33. The Morgan fingerprint density at radius 1 is 0.781 bits per heavy atom. The number of fused-ring (bicyclic) bond motifs is 1. The minimum atomic E-state index is 0.233. The lowest BCUT2D eigenvalue weighted by Crippen LogP contribution is -2.25. The standard InChI is InChI=1S/C28H27NO3/c30-23-8-5-7-22(20-23)27-15-10-21-6-1-2-9-26(21)28(27)32-25-13-11-24(12-14-25)31-19-18-29-16-3-4-17-29/h1-2,5-15,20,30H,3-4,16-19H2. The fourth-order valence-electron chi connectivity index (χ4n) is 4.27. The molecule has 0 aromatic heterocycles. The molecule has 4 nitrogen and oxygen atoms in total. The third-order valence-corrected chi connectivity index (χ3v) is 5.96. The van der Waals surface area contributed by atoms with Crippen molar-refractivity contribution in [2.75, 3.05) is 26.2 Å². The smallest absolute Gasteiger partial charge is 0.143 e. The largest absolute Gasteiger partial charge is 0.508 e. The van der Waals surface area contributed by atoms with Crippen molar-refractivity contribution in [1.29, 1.82) is 0 Å². The molecule has 1 saturated heterocycles. The Morgan fingerprint density at radius 3 is 2.38 bits per heavy atom. The Labute approximate surface area is 188 Å². The molecule has 1 aliphatic rings. The van der Waals surface area contributed by atoms with E-state index in [1.165, 1.54) is 25.9 Å². The molecule has 0 saturated carbocycles. The minimum Gasteiger partial charge on any atom is -0.508 e. The van der Waals surface area contributed by atoms with E-state index in [1.54, 1.807) is 12.1 Å². The zero-order valence-electron chi connectivity index (χ0n) is 18.0. The van der Waals surface area contributed by atoms with Crippen LogP contribution in [0.3, 0.4) is 0 Å². The molecule has 0 atom stereocenters. The van der Waals surface area contributed by atoms with E-state index in [1.807, 2.05) is 54.6 Å². The number of hydrogen-bond donors (Lipinski definition) is 1. The molecule has 32 heavy (non-hydrogen) atoms. The van der Waals surface area contributed by atoms with Gasteiger partial charge in [0.25, 0.3) is 0 Å². The predicted molar refractivity (Wildman–Crippen MR) is 129 cm³/mol. The normalized spacial score (nSPS) is 14.0. The highest BCUT2D eigenvalue weighted by Gasteiger charge is 2.13. The quantitative estimate of drug-likeness (QED) is 0.368. The van der Waals surface area contributed by atoms with E-state index in [0.717, 1.165) is 45.7 Å². The maximum Gasteiger partial charge on any atom is 0.143 e. The number of ether oxygens (including phenoxy) is 2. The number of aromatic hydroxyl groups is 1. The number of hydrogen-bond acceptors (Lipinski definition) is 4. The molecule has 0 radical (unpaired) electrons. The van der Waals surface area contributed by atoms with Gasteiger partial charge in [-0.2, -0.15) is 0 Å². The number of phenols is 1. The van der Waals surface area contributed by atoms with Gasteiger partial charge in [-0.05, 0) is 79.3 Å². The highest BCUT2D eigenvalue weighted by Crippen LogP contribution is 2.40. The maximum atomic E-state index is 9.98. The van der Waals surface area contributed by atoms with Crippen molar-refractivity contribution < 1.29 is 14.6 Å². The first kappa shape index (κ1) is 20.4. The molecule has 1 heterocycles. The van der Waals surface area contributed by atoms with Crippen molar-refractivity contribution in [3.63, 3.8) is 0 Å². The van der Waals surface area contributed by atoms with E-state index in [2.05, 4.69) is 23.1 Å². The topological polar surface area (TPSA) is 41.9 Å². The Hall–Kier alpha value is -3.50. The maximum absolute atomic E-state index is 9.98. The summed E-state index contributed by atoms with van der Waals surface area (Å²) in [5, 5.41) is 12.1. The van der Waals surface area contributed by atoms with E-state index in [4.69, 9.17) is 9.47 Å². The van der Waals surface area contributed by atoms with Gasteiger partial charge in [0.2, 0.25) is 0 Å². The zero-order chi connectivity index (χ0) is 21.8. The summed E-state index contributed by atoms with van der Waals surface area (Å²) in [5.41, 5.74) is 1.85. The molecule has 1 N–H and O–H groups in total. The number of phenolic OH excluding ortho intramolecular Hbond substituents is 1. The summed E-state index contributed by atoms with van der Waals surface area (Å²) in [5.74, 6) is 2.60. The summed E-state index contributed by atoms with van der Waals surface area (Å²) in [6.45, 7) is 4.04. The van der Waals surface area contributed by atoms with E-state index in [-0.39, 0.29) is 5.75 Å². The fraction of sp³-hybridized carbons (Fsp3) is 0.214. The van der Waals surface area contributed by atoms with Crippen molar-refractivity contribution in [2.45, 2.75) is 12.8 Å². The van der Waals surface area contributed by atoms with Crippen LogP contribution < -0.4 is 9.47 Å². The van der Waals surface area contributed by atoms with Crippen LogP contribution in [0.4, 0.5) is 0 Å². The molecular formula is C28H27NO3. The van der Waals surface area contributed by atoms with Crippen LogP contribution >= 0.6 is 0 Å². The molecule has 4 aromatic rings. The summed E-state index contributed by atoms with van der Waals surface area (Å²) in [6, 6.07) is 27.4. The van der Waals surface area contributed by atoms with Crippen LogP contribution in [0.25, 0.3) is 21.9 Å². The van der Waals surface area contributed by atoms with Gasteiger partial charge in [0, 0.05) is 17.5 Å². The van der Waals surface area contributed by atoms with Crippen LogP contribution in [0.15, 0.2) is 84.9 Å². The van der Waals surface area contributed by atoms with Gasteiger partial charge in [-0.1, -0.05) is 42.5 Å². The third kappa shape index (κ3) is 4.56. The van der Waals surface area contributed by atoms with Crippen molar-refractivity contribution in [3.8, 4) is 34.1 Å². The summed E-state index contributed by atoms with van der Waals surface area (Å²) in [7, 11) is 0. The molecule has 162 valence electrons. The average molecular weight is 426 g/mol. The first-order valence-corrected chi connectivity index (χ1v) is 11.2. The predicted octanol–water partition coefficient (Wildman–Crippen LogP) is 6.48. The average Bonchev–Trinajstić information content (AvgIpc) is 3.34. The van der Waals surface area contributed by atoms with Gasteiger partial charge in [-0.15, -0.1) is 0 Å². The van der Waals surface area contributed by atoms with Crippen molar-refractivity contribution in [3.05, 3.63) is 84.9 Å². The number of rotatable bonds is 7. The SMILES string of the molecule is Oc1cccc(-c2ccc3ccccc3c2Oc2ccc(OCCN3CCCC3)cc2)c1. The lowest BCUT2D eigenvalue weighted by atomic mass is 9.99. The lowest BCUT2D eigenvalue weighted by Gasteiger charge is -2.16. The molecule has 4 heteroatoms. The van der Waals surface area contributed by atoms with Gasteiger partial charge in [0.15, 0.2) is 0 Å². The van der Waals surface area contributed by atoms with Crippen LogP contribution in [0.1, 0.15) is 12.8 Å². The summed E-state index contributed by atoms with van der Waals surface area (Å²) in [4.78, 5) is 2.45. The molecule has 0 aliphatic carbocycles. The highest BCUT2D eigenvalue weighted by atomic mass is 16.5.